The summed E-state index contributed by atoms with van der Waals surface area (Å²) in [6.07, 6.45) is 1.47. The van der Waals surface area contributed by atoms with Gasteiger partial charge in [0.25, 0.3) is 5.56 Å². The lowest BCUT2D eigenvalue weighted by molar-refractivity contribution is 0.266. The number of aliphatic hydroxyl groups is 1. The van der Waals surface area contributed by atoms with Gasteiger partial charge in [-0.05, 0) is 17.7 Å². The lowest BCUT2D eigenvalue weighted by Crippen LogP contribution is -2.25. The number of nitrogens with zero attached hydrogens (tertiary/aromatic N) is 2. The Balaban J connectivity index is 2.12. The number of hydrogen-bond donors (Lipinski definition) is 3. The second-order valence-corrected chi connectivity index (χ2v) is 4.60. The van der Waals surface area contributed by atoms with E-state index in [9.17, 15) is 4.79 Å². The quantitative estimate of drug-likeness (QED) is 0.718. The summed E-state index contributed by atoms with van der Waals surface area (Å²) < 4.78 is 1.12. The fraction of sp³-hybridized carbons (Fsp3) is 0.231. The maximum absolute atomic E-state index is 11.8. The number of nitrogens with one attached hydrogen (secondary N) is 1. The van der Waals surface area contributed by atoms with Gasteiger partial charge in [0.2, 0.25) is 0 Å². The molecule has 1 aromatic heterocycles. The first-order chi connectivity index (χ1) is 9.61. The van der Waals surface area contributed by atoms with Crippen LogP contribution in [0.15, 0.2) is 35.3 Å². The van der Waals surface area contributed by atoms with Crippen LogP contribution in [-0.4, -0.2) is 21.5 Å². The van der Waals surface area contributed by atoms with E-state index in [-0.39, 0.29) is 18.2 Å². The van der Waals surface area contributed by atoms with Gasteiger partial charge in [-0.25, -0.2) is 4.68 Å². The zero-order chi connectivity index (χ0) is 14.5. The molecule has 2 rings (SSSR count). The van der Waals surface area contributed by atoms with Crippen molar-refractivity contribution >= 4 is 23.0 Å². The zero-order valence-electron chi connectivity index (χ0n) is 10.7. The summed E-state index contributed by atoms with van der Waals surface area (Å²) >= 11 is 5.99. The first kappa shape index (κ1) is 14.4. The Morgan fingerprint density at radius 1 is 1.35 bits per heavy atom. The second kappa shape index (κ2) is 6.40. The molecular weight excluding hydrogens is 280 g/mol. The molecule has 0 fully saturated rings. The molecule has 7 heteroatoms. The number of rotatable bonds is 5. The number of nitrogens with two attached hydrogens (primary N) is 1. The van der Waals surface area contributed by atoms with E-state index in [1.54, 1.807) is 12.1 Å². The highest BCUT2D eigenvalue weighted by molar-refractivity contribution is 6.32. The number of benzene rings is 1. The molecular formula is C13H15ClN4O2. The summed E-state index contributed by atoms with van der Waals surface area (Å²) in [5.74, 6) is 0. The molecule has 0 aliphatic carbocycles. The molecule has 0 atom stereocenters. The van der Waals surface area contributed by atoms with Crippen LogP contribution in [0.2, 0.25) is 5.02 Å². The summed E-state index contributed by atoms with van der Waals surface area (Å²) in [7, 11) is 0. The molecule has 0 amide bonds. The topological polar surface area (TPSA) is 93.2 Å². The maximum atomic E-state index is 11.8. The Morgan fingerprint density at radius 2 is 2.05 bits per heavy atom. The van der Waals surface area contributed by atoms with E-state index in [1.165, 1.54) is 6.20 Å². The molecule has 106 valence electrons. The van der Waals surface area contributed by atoms with Crippen molar-refractivity contribution in [2.45, 2.75) is 13.1 Å². The number of anilines is 2. The number of aliphatic hydroxyl groups excluding tert-OH is 1. The van der Waals surface area contributed by atoms with Crippen LogP contribution in [0.3, 0.4) is 0 Å². The molecule has 0 aliphatic rings. The molecule has 0 unspecified atom stereocenters. The third-order valence-corrected chi connectivity index (χ3v) is 3.12. The van der Waals surface area contributed by atoms with E-state index >= 15 is 0 Å². The predicted molar refractivity (Wildman–Crippen MR) is 78.8 cm³/mol. The largest absolute Gasteiger partial charge is 0.399 e. The van der Waals surface area contributed by atoms with Gasteiger partial charge in [-0.2, -0.15) is 5.10 Å². The van der Waals surface area contributed by atoms with Gasteiger partial charge < -0.3 is 16.2 Å². The summed E-state index contributed by atoms with van der Waals surface area (Å²) in [6.45, 7) is 0.462. The van der Waals surface area contributed by atoms with Crippen molar-refractivity contribution in [3.63, 3.8) is 0 Å². The van der Waals surface area contributed by atoms with Crippen LogP contribution >= 0.6 is 11.6 Å². The summed E-state index contributed by atoms with van der Waals surface area (Å²) in [5.41, 5.74) is 7.34. The fourth-order valence-corrected chi connectivity index (χ4v) is 1.89. The zero-order valence-corrected chi connectivity index (χ0v) is 11.5. The minimum Gasteiger partial charge on any atom is -0.399 e. The Labute approximate surface area is 120 Å². The Kier molecular flexibility index (Phi) is 4.60. The molecule has 1 heterocycles. The number of nitrogen functional groups attached to an aromatic ring is 1. The first-order valence-electron chi connectivity index (χ1n) is 6.06. The van der Waals surface area contributed by atoms with Crippen LogP contribution < -0.4 is 16.6 Å². The molecule has 0 radical (unpaired) electrons. The molecule has 20 heavy (non-hydrogen) atoms. The summed E-state index contributed by atoms with van der Waals surface area (Å²) in [6, 6.07) is 7.37. The van der Waals surface area contributed by atoms with Crippen LogP contribution in [0.1, 0.15) is 5.56 Å². The van der Waals surface area contributed by atoms with Gasteiger partial charge in [0.05, 0.1) is 25.0 Å². The smallest absolute Gasteiger partial charge is 0.287 e. The fourth-order valence-electron chi connectivity index (χ4n) is 1.68. The highest BCUT2D eigenvalue weighted by Gasteiger charge is 2.08. The van der Waals surface area contributed by atoms with Crippen molar-refractivity contribution in [1.29, 1.82) is 0 Å². The van der Waals surface area contributed by atoms with E-state index in [0.717, 1.165) is 10.2 Å². The monoisotopic (exact) mass is 294 g/mol. The van der Waals surface area contributed by atoms with Gasteiger partial charge in [-0.3, -0.25) is 4.79 Å². The Morgan fingerprint density at radius 3 is 2.70 bits per heavy atom. The molecule has 0 bridgehead atoms. The maximum Gasteiger partial charge on any atom is 0.287 e. The Hall–Kier alpha value is -2.05. The van der Waals surface area contributed by atoms with Crippen LogP contribution in [0.25, 0.3) is 0 Å². The predicted octanol–water partition coefficient (Wildman–Crippen LogP) is 1.08. The standard InChI is InChI=1S/C13H15ClN4O2/c14-12-11(8-17-18(5-6-19)13(12)20)16-7-9-1-3-10(15)4-2-9/h1-4,8,16,19H,5-7,15H2. The van der Waals surface area contributed by atoms with Crippen molar-refractivity contribution < 1.29 is 5.11 Å². The van der Waals surface area contributed by atoms with Gasteiger partial charge in [-0.15, -0.1) is 0 Å². The van der Waals surface area contributed by atoms with E-state index < -0.39 is 5.56 Å². The van der Waals surface area contributed by atoms with Crippen molar-refractivity contribution in [1.82, 2.24) is 9.78 Å². The van der Waals surface area contributed by atoms with Crippen LogP contribution in [-0.2, 0) is 13.1 Å². The molecule has 4 N–H and O–H groups in total. The van der Waals surface area contributed by atoms with Crippen molar-refractivity contribution in [2.24, 2.45) is 0 Å². The number of halogens is 1. The second-order valence-electron chi connectivity index (χ2n) is 4.22. The average Bonchev–Trinajstić information content (AvgIpc) is 2.45. The van der Waals surface area contributed by atoms with E-state index in [2.05, 4.69) is 10.4 Å². The average molecular weight is 295 g/mol. The molecule has 0 saturated carbocycles. The van der Waals surface area contributed by atoms with Gasteiger partial charge in [0.15, 0.2) is 0 Å². The summed E-state index contributed by atoms with van der Waals surface area (Å²) in [4.78, 5) is 11.8. The highest BCUT2D eigenvalue weighted by Crippen LogP contribution is 2.16. The lowest BCUT2D eigenvalue weighted by Gasteiger charge is -2.10. The minimum atomic E-state index is -0.428. The lowest BCUT2D eigenvalue weighted by atomic mass is 10.2. The molecule has 1 aromatic carbocycles. The van der Waals surface area contributed by atoms with E-state index in [0.29, 0.717) is 17.9 Å². The van der Waals surface area contributed by atoms with Gasteiger partial charge in [0, 0.05) is 12.2 Å². The van der Waals surface area contributed by atoms with Crippen LogP contribution in [0.4, 0.5) is 11.4 Å². The van der Waals surface area contributed by atoms with Gasteiger partial charge in [-0.1, -0.05) is 23.7 Å². The number of hydrogen-bond acceptors (Lipinski definition) is 5. The van der Waals surface area contributed by atoms with Crippen molar-refractivity contribution in [3.05, 3.63) is 51.4 Å². The first-order valence-corrected chi connectivity index (χ1v) is 6.44. The van der Waals surface area contributed by atoms with Crippen LogP contribution in [0, 0.1) is 0 Å². The van der Waals surface area contributed by atoms with E-state index in [1.807, 2.05) is 12.1 Å². The van der Waals surface area contributed by atoms with Gasteiger partial charge in [0.1, 0.15) is 5.02 Å². The third-order valence-electron chi connectivity index (χ3n) is 2.76. The SMILES string of the molecule is Nc1ccc(CNc2cnn(CCO)c(=O)c2Cl)cc1. The molecule has 2 aromatic rings. The van der Waals surface area contributed by atoms with Crippen LogP contribution in [0.5, 0.6) is 0 Å². The molecule has 0 spiro atoms. The molecule has 6 nitrogen and oxygen atoms in total. The summed E-state index contributed by atoms with van der Waals surface area (Å²) in [5, 5.41) is 15.8. The van der Waals surface area contributed by atoms with Crippen molar-refractivity contribution in [3.8, 4) is 0 Å². The van der Waals surface area contributed by atoms with E-state index in [4.69, 9.17) is 22.4 Å². The Bertz CT molecular complexity index is 640. The minimum absolute atomic E-state index is 0.0592. The molecule has 0 saturated heterocycles. The normalized spacial score (nSPS) is 10.5. The molecule has 0 aliphatic heterocycles. The van der Waals surface area contributed by atoms with Crippen molar-refractivity contribution in [2.75, 3.05) is 17.7 Å². The third kappa shape index (κ3) is 3.28. The number of aromatic nitrogens is 2. The highest BCUT2D eigenvalue weighted by atomic mass is 35.5. The van der Waals surface area contributed by atoms with Gasteiger partial charge >= 0.3 is 0 Å².